The van der Waals surface area contributed by atoms with E-state index < -0.39 is 26.8 Å². The van der Waals surface area contributed by atoms with Gasteiger partial charge in [-0.25, -0.2) is 18.7 Å². The molecule has 2 N–H and O–H groups in total. The first-order chi connectivity index (χ1) is 16.7. The number of ether oxygens (including phenoxy) is 1. The molecule has 188 valence electrons. The highest BCUT2D eigenvalue weighted by Crippen LogP contribution is 2.32. The summed E-state index contributed by atoms with van der Waals surface area (Å²) in [5, 5.41) is 3.15. The summed E-state index contributed by atoms with van der Waals surface area (Å²) >= 11 is 1.31. The standard InChI is InChI=1S/C24H29N3O6S2/c1-24(35(2,30)31,23(29)26-33-20-9-5-6-12-32-20)10-11-27-16-18-13-19(34-21(18)22(27)28)8-4-3-7-17-14-25-15-17/h13,17,20,25H,5-6,9-12,14-16H2,1-2H3,(H,26,29). The maximum Gasteiger partial charge on any atom is 0.264 e. The Labute approximate surface area is 209 Å². The number of nitrogens with one attached hydrogen (secondary N) is 2. The van der Waals surface area contributed by atoms with Crippen LogP contribution in [0.4, 0.5) is 0 Å². The molecule has 2 atom stereocenters. The molecule has 0 saturated carbocycles. The number of sulfone groups is 1. The third kappa shape index (κ3) is 5.88. The Hall–Kier alpha value is -2.41. The van der Waals surface area contributed by atoms with Crippen LogP contribution in [0, 0.1) is 29.6 Å². The molecule has 0 spiro atoms. The maximum absolute atomic E-state index is 12.9. The first-order valence-electron chi connectivity index (χ1n) is 11.6. The van der Waals surface area contributed by atoms with Gasteiger partial charge in [-0.05, 0) is 55.6 Å². The van der Waals surface area contributed by atoms with Gasteiger partial charge in [0.1, 0.15) is 0 Å². The molecule has 0 aromatic carbocycles. The normalized spacial score (nSPS) is 21.6. The number of rotatable bonds is 7. The topological polar surface area (TPSA) is 114 Å². The summed E-state index contributed by atoms with van der Waals surface area (Å²) in [5.74, 6) is 11.2. The molecule has 1 aromatic heterocycles. The number of thiophene rings is 1. The Balaban J connectivity index is 1.35. The van der Waals surface area contributed by atoms with Crippen LogP contribution in [-0.4, -0.2) is 68.7 Å². The second-order valence-corrected chi connectivity index (χ2v) is 12.7. The van der Waals surface area contributed by atoms with E-state index in [0.29, 0.717) is 30.4 Å². The molecule has 11 heteroatoms. The number of carbonyl (C=O) groups excluding carboxylic acids is 2. The Morgan fingerprint density at radius 2 is 2.17 bits per heavy atom. The van der Waals surface area contributed by atoms with Gasteiger partial charge in [0.25, 0.3) is 11.8 Å². The van der Waals surface area contributed by atoms with Crippen LogP contribution in [0.1, 0.15) is 52.7 Å². The van der Waals surface area contributed by atoms with E-state index in [4.69, 9.17) is 9.57 Å². The van der Waals surface area contributed by atoms with Crippen molar-refractivity contribution in [3.63, 3.8) is 0 Å². The molecule has 2 saturated heterocycles. The molecule has 4 heterocycles. The van der Waals surface area contributed by atoms with E-state index in [-0.39, 0.29) is 18.9 Å². The zero-order valence-corrected chi connectivity index (χ0v) is 21.4. The minimum Gasteiger partial charge on any atom is -0.350 e. The zero-order valence-electron chi connectivity index (χ0n) is 19.8. The fraction of sp³-hybridized carbons (Fsp3) is 0.583. The Morgan fingerprint density at radius 1 is 1.37 bits per heavy atom. The van der Waals surface area contributed by atoms with Crippen LogP contribution in [0.2, 0.25) is 0 Å². The van der Waals surface area contributed by atoms with Crippen molar-refractivity contribution >= 4 is 33.0 Å². The molecule has 2 amide bonds. The summed E-state index contributed by atoms with van der Waals surface area (Å²) < 4.78 is 28.8. The van der Waals surface area contributed by atoms with Gasteiger partial charge in [0.2, 0.25) is 0 Å². The lowest BCUT2D eigenvalue weighted by Gasteiger charge is -2.29. The largest absolute Gasteiger partial charge is 0.350 e. The van der Waals surface area contributed by atoms with Gasteiger partial charge in [0.05, 0.1) is 9.75 Å². The van der Waals surface area contributed by atoms with Crippen molar-refractivity contribution in [2.24, 2.45) is 5.92 Å². The lowest BCUT2D eigenvalue weighted by molar-refractivity contribution is -0.201. The molecule has 4 rings (SSSR count). The van der Waals surface area contributed by atoms with E-state index in [9.17, 15) is 18.0 Å². The number of hydroxylamine groups is 1. The van der Waals surface area contributed by atoms with Gasteiger partial charge in [-0.2, -0.15) is 0 Å². The summed E-state index contributed by atoms with van der Waals surface area (Å²) in [6.45, 7) is 4.14. The molecule has 1 aromatic rings. The molecule has 9 nitrogen and oxygen atoms in total. The molecular formula is C24H29N3O6S2. The van der Waals surface area contributed by atoms with Gasteiger partial charge in [0, 0.05) is 51.4 Å². The quantitative estimate of drug-likeness (QED) is 0.409. The molecule has 2 unspecified atom stereocenters. The molecule has 2 fully saturated rings. The third-order valence-electron chi connectivity index (χ3n) is 6.54. The van der Waals surface area contributed by atoms with Crippen LogP contribution in [0.15, 0.2) is 6.07 Å². The minimum absolute atomic E-state index is 0.0640. The number of nitrogens with zero attached hydrogens (tertiary/aromatic N) is 1. The Bertz CT molecular complexity index is 1210. The average Bonchev–Trinajstić information content (AvgIpc) is 3.32. The van der Waals surface area contributed by atoms with Crippen LogP contribution in [-0.2, 0) is 30.8 Å². The first-order valence-corrected chi connectivity index (χ1v) is 14.3. The number of amides is 2. The highest BCUT2D eigenvalue weighted by atomic mass is 32.2. The zero-order chi connectivity index (χ0) is 25.1. The fourth-order valence-corrected chi connectivity index (χ4v) is 5.69. The number of fused-ring (bicyclic) bond motifs is 1. The van der Waals surface area contributed by atoms with E-state index in [1.165, 1.54) is 18.3 Å². The van der Waals surface area contributed by atoms with Gasteiger partial charge in [-0.15, -0.1) is 11.3 Å². The van der Waals surface area contributed by atoms with Crippen molar-refractivity contribution in [1.82, 2.24) is 15.7 Å². The average molecular weight is 520 g/mol. The van der Waals surface area contributed by atoms with E-state index in [1.807, 2.05) is 6.07 Å². The second kappa shape index (κ2) is 10.7. The van der Waals surface area contributed by atoms with Crippen LogP contribution < -0.4 is 10.8 Å². The van der Waals surface area contributed by atoms with E-state index in [0.717, 1.165) is 42.6 Å². The highest BCUT2D eigenvalue weighted by Gasteiger charge is 2.45. The van der Waals surface area contributed by atoms with E-state index >= 15 is 0 Å². The van der Waals surface area contributed by atoms with Gasteiger partial charge >= 0.3 is 0 Å². The Kier molecular flexibility index (Phi) is 7.84. The van der Waals surface area contributed by atoms with Crippen LogP contribution >= 0.6 is 11.3 Å². The van der Waals surface area contributed by atoms with Crippen molar-refractivity contribution in [2.75, 3.05) is 32.5 Å². The number of hydrogen-bond donors (Lipinski definition) is 2. The van der Waals surface area contributed by atoms with Crippen LogP contribution in [0.25, 0.3) is 0 Å². The van der Waals surface area contributed by atoms with Gasteiger partial charge in [-0.1, -0.05) is 5.92 Å². The van der Waals surface area contributed by atoms with E-state index in [2.05, 4.69) is 34.5 Å². The van der Waals surface area contributed by atoms with Gasteiger partial charge in [-0.3, -0.25) is 9.59 Å². The monoisotopic (exact) mass is 519 g/mol. The van der Waals surface area contributed by atoms with Crippen molar-refractivity contribution in [3.05, 3.63) is 21.4 Å². The number of hydrogen-bond acceptors (Lipinski definition) is 8. The second-order valence-electron chi connectivity index (χ2n) is 9.16. The van der Waals surface area contributed by atoms with Gasteiger partial charge in [0.15, 0.2) is 20.9 Å². The SMILES string of the molecule is CC(CCN1Cc2cc(C#CC#CC3CNC3)sc2C1=O)(C(=O)NOC1CCCCO1)S(C)(=O)=O. The predicted octanol–water partition coefficient (Wildman–Crippen LogP) is 1.05. The summed E-state index contributed by atoms with van der Waals surface area (Å²) in [6, 6.07) is 1.87. The lowest BCUT2D eigenvalue weighted by Crippen LogP contribution is -2.52. The minimum atomic E-state index is -3.81. The number of carbonyl (C=O) groups is 2. The molecule has 3 aliphatic rings. The Morgan fingerprint density at radius 3 is 2.80 bits per heavy atom. The van der Waals surface area contributed by atoms with Crippen LogP contribution in [0.5, 0.6) is 0 Å². The smallest absolute Gasteiger partial charge is 0.264 e. The van der Waals surface area contributed by atoms with Crippen molar-refractivity contribution in [2.45, 2.75) is 50.2 Å². The molecule has 0 aliphatic carbocycles. The highest BCUT2D eigenvalue weighted by molar-refractivity contribution is 7.92. The molecule has 35 heavy (non-hydrogen) atoms. The summed E-state index contributed by atoms with van der Waals surface area (Å²) in [4.78, 5) is 34.0. The summed E-state index contributed by atoms with van der Waals surface area (Å²) in [7, 11) is -3.81. The maximum atomic E-state index is 12.9. The molecule has 3 aliphatic heterocycles. The predicted molar refractivity (Wildman–Crippen MR) is 131 cm³/mol. The summed E-state index contributed by atoms with van der Waals surface area (Å²) in [6.07, 6.45) is 2.81. The molecule has 0 radical (unpaired) electrons. The third-order valence-corrected chi connectivity index (χ3v) is 9.64. The molecule has 0 bridgehead atoms. The van der Waals surface area contributed by atoms with Crippen molar-refractivity contribution < 1.29 is 27.6 Å². The lowest BCUT2D eigenvalue weighted by atomic mass is 10.1. The molecular weight excluding hydrogens is 490 g/mol. The summed E-state index contributed by atoms with van der Waals surface area (Å²) in [5.41, 5.74) is 3.12. The fourth-order valence-electron chi connectivity index (χ4n) is 3.86. The van der Waals surface area contributed by atoms with Crippen molar-refractivity contribution in [1.29, 1.82) is 0 Å². The first kappa shape index (κ1) is 25.7. The van der Waals surface area contributed by atoms with Crippen LogP contribution in [0.3, 0.4) is 0 Å². The van der Waals surface area contributed by atoms with Crippen molar-refractivity contribution in [3.8, 4) is 23.7 Å². The van der Waals surface area contributed by atoms with E-state index in [1.54, 1.807) is 4.90 Å². The van der Waals surface area contributed by atoms with Gasteiger partial charge < -0.3 is 15.0 Å².